The molecule has 3 aromatic rings. The lowest BCUT2D eigenvalue weighted by Gasteiger charge is -2.49. The van der Waals surface area contributed by atoms with Gasteiger partial charge in [-0.05, 0) is 59.9 Å². The number of nitrogens with one attached hydrogen (secondary N) is 2. The molecule has 0 bridgehead atoms. The van der Waals surface area contributed by atoms with Crippen LogP contribution in [0.3, 0.4) is 0 Å². The maximum absolute atomic E-state index is 14.3. The van der Waals surface area contributed by atoms with Gasteiger partial charge in [-0.25, -0.2) is 5.48 Å². The molecule has 0 radical (unpaired) electrons. The molecule has 1 aliphatic carbocycles. The summed E-state index contributed by atoms with van der Waals surface area (Å²) in [4.78, 5) is 58.9. The Bertz CT molecular complexity index is 1520. The van der Waals surface area contributed by atoms with Gasteiger partial charge >= 0.3 is 0 Å². The second kappa shape index (κ2) is 13.9. The Balaban J connectivity index is 1.56. The van der Waals surface area contributed by atoms with Crippen LogP contribution in [0.4, 0.5) is 0 Å². The van der Waals surface area contributed by atoms with Crippen molar-refractivity contribution in [2.75, 3.05) is 6.54 Å². The van der Waals surface area contributed by atoms with E-state index < -0.39 is 42.4 Å². The van der Waals surface area contributed by atoms with E-state index in [0.717, 1.165) is 18.4 Å². The number of amides is 3. The summed E-state index contributed by atoms with van der Waals surface area (Å²) < 4.78 is 0. The van der Waals surface area contributed by atoms with Crippen LogP contribution in [0.5, 0.6) is 0 Å². The van der Waals surface area contributed by atoms with Crippen molar-refractivity contribution >= 4 is 52.5 Å². The maximum atomic E-state index is 14.3. The Morgan fingerprint density at radius 1 is 0.930 bits per heavy atom. The number of hydrogen-bond donors (Lipinski definition) is 2. The Labute approximate surface area is 263 Å². The van der Waals surface area contributed by atoms with Crippen molar-refractivity contribution in [3.63, 3.8) is 0 Å². The summed E-state index contributed by atoms with van der Waals surface area (Å²) >= 11 is 19.0. The lowest BCUT2D eigenvalue weighted by Crippen LogP contribution is -2.59. The number of nitroso groups, excluding NO2 is 1. The molecule has 2 N–H and O–H groups in total. The van der Waals surface area contributed by atoms with Crippen LogP contribution < -0.4 is 10.8 Å². The maximum Gasteiger partial charge on any atom is 0.255 e. The van der Waals surface area contributed by atoms with Crippen LogP contribution in [0.1, 0.15) is 64.7 Å². The first-order valence-electron chi connectivity index (χ1n) is 13.9. The van der Waals surface area contributed by atoms with E-state index in [1.54, 1.807) is 71.6 Å². The standard InChI is InChI=1S/C31H29Cl3N4O5/c32-19-11-9-18(10-12-19)17-43-37-30(40)28-21-5-1-2-6-22(21)31(41)38(29(28)23-14-13-20(33)15-24(23)34)26-8-4-3-7-25(26)36-27(39)16-35-42/h1-2,5-6,9-15,25-26,28-29H,3-4,7-8,16-17H2,(H,36,39)(H,37,40)/t25-,26-,28+,29-/m0/s1. The van der Waals surface area contributed by atoms with Gasteiger partial charge in [0.25, 0.3) is 11.8 Å². The summed E-state index contributed by atoms with van der Waals surface area (Å²) in [6.45, 7) is -0.434. The number of fused-ring (bicyclic) bond motifs is 1. The van der Waals surface area contributed by atoms with E-state index in [4.69, 9.17) is 39.6 Å². The molecule has 9 nitrogen and oxygen atoms in total. The van der Waals surface area contributed by atoms with E-state index in [1.807, 2.05) is 0 Å². The van der Waals surface area contributed by atoms with Crippen molar-refractivity contribution in [2.45, 2.75) is 56.3 Å². The lowest BCUT2D eigenvalue weighted by atomic mass is 9.76. The molecule has 3 amide bonds. The highest BCUT2D eigenvalue weighted by molar-refractivity contribution is 6.35. The zero-order valence-corrected chi connectivity index (χ0v) is 25.2. The lowest BCUT2D eigenvalue weighted by molar-refractivity contribution is -0.138. The molecular weight excluding hydrogens is 615 g/mol. The third kappa shape index (κ3) is 6.86. The van der Waals surface area contributed by atoms with Crippen LogP contribution >= 0.6 is 34.8 Å². The molecule has 0 aromatic heterocycles. The summed E-state index contributed by atoms with van der Waals surface area (Å²) in [6, 6.07) is 17.1. The molecule has 224 valence electrons. The molecule has 0 spiro atoms. The van der Waals surface area contributed by atoms with E-state index in [-0.39, 0.29) is 17.5 Å². The molecule has 1 fully saturated rings. The first kappa shape index (κ1) is 30.9. The van der Waals surface area contributed by atoms with Crippen LogP contribution in [-0.2, 0) is 21.0 Å². The monoisotopic (exact) mass is 642 g/mol. The quantitative estimate of drug-likeness (QED) is 0.208. The predicted octanol–water partition coefficient (Wildman–Crippen LogP) is 6.37. The Kier molecular flexibility index (Phi) is 9.97. The van der Waals surface area contributed by atoms with Crippen LogP contribution in [0, 0.1) is 4.91 Å². The van der Waals surface area contributed by atoms with Gasteiger partial charge in [0.2, 0.25) is 5.91 Å². The Hall–Kier alpha value is -3.50. The van der Waals surface area contributed by atoms with Crippen molar-refractivity contribution in [3.05, 3.63) is 109 Å². The Morgan fingerprint density at radius 2 is 1.65 bits per heavy atom. The number of halogens is 3. The number of nitrogens with zero attached hydrogens (tertiary/aromatic N) is 2. The van der Waals surface area contributed by atoms with Gasteiger partial charge < -0.3 is 10.2 Å². The molecule has 1 aliphatic heterocycles. The minimum atomic E-state index is -0.923. The van der Waals surface area contributed by atoms with E-state index >= 15 is 0 Å². The topological polar surface area (TPSA) is 117 Å². The first-order valence-corrected chi connectivity index (χ1v) is 15.0. The van der Waals surface area contributed by atoms with Crippen molar-refractivity contribution in [1.82, 2.24) is 15.7 Å². The van der Waals surface area contributed by atoms with E-state index in [1.165, 1.54) is 0 Å². The smallest absolute Gasteiger partial charge is 0.255 e. The fourth-order valence-corrected chi connectivity index (χ4v) is 6.68. The van der Waals surface area contributed by atoms with Gasteiger partial charge in [-0.1, -0.05) is 89.2 Å². The van der Waals surface area contributed by atoms with Crippen molar-refractivity contribution in [3.8, 4) is 0 Å². The predicted molar refractivity (Wildman–Crippen MR) is 164 cm³/mol. The minimum Gasteiger partial charge on any atom is -0.350 e. The average molecular weight is 644 g/mol. The Morgan fingerprint density at radius 3 is 2.40 bits per heavy atom. The second-order valence-electron chi connectivity index (χ2n) is 10.6. The highest BCUT2D eigenvalue weighted by Gasteiger charge is 2.49. The minimum absolute atomic E-state index is 0.0911. The van der Waals surface area contributed by atoms with Crippen LogP contribution in [0.2, 0.25) is 15.1 Å². The third-order valence-corrected chi connectivity index (χ3v) is 8.72. The first-order chi connectivity index (χ1) is 20.8. The summed E-state index contributed by atoms with van der Waals surface area (Å²) in [6.07, 6.45) is 2.78. The number of rotatable bonds is 9. The molecule has 3 aromatic carbocycles. The van der Waals surface area contributed by atoms with Gasteiger partial charge in [0.15, 0.2) is 6.54 Å². The van der Waals surface area contributed by atoms with Crippen LogP contribution in [-0.4, -0.2) is 41.2 Å². The second-order valence-corrected chi connectivity index (χ2v) is 11.9. The molecule has 0 saturated heterocycles. The van der Waals surface area contributed by atoms with Crippen molar-refractivity contribution in [2.24, 2.45) is 5.18 Å². The average Bonchev–Trinajstić information content (AvgIpc) is 2.99. The normalized spacial score (nSPS) is 21.6. The molecule has 1 saturated carbocycles. The van der Waals surface area contributed by atoms with Gasteiger partial charge in [-0.3, -0.25) is 19.2 Å². The summed E-state index contributed by atoms with van der Waals surface area (Å²) in [5.41, 5.74) is 4.80. The van der Waals surface area contributed by atoms with Crippen molar-refractivity contribution in [1.29, 1.82) is 0 Å². The largest absolute Gasteiger partial charge is 0.350 e. The molecule has 2 aliphatic rings. The van der Waals surface area contributed by atoms with E-state index in [0.29, 0.717) is 39.6 Å². The molecule has 1 heterocycles. The SMILES string of the molecule is O=NCC(=O)N[C@H]1CCCC[C@@H]1N1C(=O)c2ccccc2[C@@H](C(=O)NOCc2ccc(Cl)cc2)[C@@H]1c1ccc(Cl)cc1Cl. The van der Waals surface area contributed by atoms with Gasteiger partial charge in [-0.15, -0.1) is 0 Å². The molecule has 5 rings (SSSR count). The third-order valence-electron chi connectivity index (χ3n) is 7.91. The van der Waals surface area contributed by atoms with Gasteiger partial charge in [0.05, 0.1) is 24.6 Å². The fourth-order valence-electron chi connectivity index (χ4n) is 6.03. The molecule has 4 atom stereocenters. The number of carbonyl (C=O) groups is 3. The van der Waals surface area contributed by atoms with E-state index in [9.17, 15) is 19.3 Å². The number of hydrogen-bond acceptors (Lipinski definition) is 6. The summed E-state index contributed by atoms with van der Waals surface area (Å²) in [5.74, 6) is -2.22. The zero-order valence-electron chi connectivity index (χ0n) is 23.0. The van der Waals surface area contributed by atoms with E-state index in [2.05, 4.69) is 16.0 Å². The van der Waals surface area contributed by atoms with Gasteiger partial charge in [0.1, 0.15) is 0 Å². The molecule has 43 heavy (non-hydrogen) atoms. The highest BCUT2D eigenvalue weighted by Crippen LogP contribution is 2.47. The van der Waals surface area contributed by atoms with Gasteiger partial charge in [-0.2, -0.15) is 4.91 Å². The molecular formula is C31H29Cl3N4O5. The summed E-state index contributed by atoms with van der Waals surface area (Å²) in [5, 5.41) is 6.87. The molecule has 12 heteroatoms. The molecule has 0 unspecified atom stereocenters. The number of carbonyl (C=O) groups excluding carboxylic acids is 3. The van der Waals surface area contributed by atoms with Crippen molar-refractivity contribution < 1.29 is 19.2 Å². The van der Waals surface area contributed by atoms with Crippen LogP contribution in [0.25, 0.3) is 0 Å². The fraction of sp³-hybridized carbons (Fsp3) is 0.323. The number of benzene rings is 3. The zero-order chi connectivity index (χ0) is 30.5. The highest BCUT2D eigenvalue weighted by atomic mass is 35.5. The number of hydroxylamine groups is 1. The van der Waals surface area contributed by atoms with Gasteiger partial charge in [0, 0.05) is 26.7 Å². The summed E-state index contributed by atoms with van der Waals surface area (Å²) in [7, 11) is 0. The van der Waals surface area contributed by atoms with Crippen LogP contribution in [0.15, 0.2) is 71.9 Å².